The van der Waals surface area contributed by atoms with Crippen molar-refractivity contribution >= 4 is 39.3 Å². The maximum Gasteiger partial charge on any atom is 0.280 e. The Hall–Kier alpha value is -2.84. The van der Waals surface area contributed by atoms with Gasteiger partial charge in [-0.25, -0.2) is 0 Å². The van der Waals surface area contributed by atoms with Crippen molar-refractivity contribution in [2.24, 2.45) is 5.10 Å². The molecule has 0 radical (unpaired) electrons. The molecule has 124 valence electrons. The number of ether oxygens (including phenoxy) is 1. The van der Waals surface area contributed by atoms with Crippen LogP contribution < -0.4 is 9.75 Å². The summed E-state index contributed by atoms with van der Waals surface area (Å²) in [6, 6.07) is 14.9. The quantitative estimate of drug-likeness (QED) is 0.573. The maximum atomic E-state index is 12.8. The third-order valence-electron chi connectivity index (χ3n) is 3.65. The van der Waals surface area contributed by atoms with Crippen LogP contribution in [0.2, 0.25) is 0 Å². The number of rotatable bonds is 4. The largest absolute Gasteiger partial charge is 0.480 e. The first-order valence-corrected chi connectivity index (χ1v) is 8.42. The molecule has 1 heterocycles. The van der Waals surface area contributed by atoms with E-state index in [2.05, 4.69) is 27.0 Å². The zero-order chi connectivity index (χ0) is 17.8. The molecule has 1 aliphatic heterocycles. The summed E-state index contributed by atoms with van der Waals surface area (Å²) in [6.07, 6.45) is 7.05. The Morgan fingerprint density at radius 1 is 1.28 bits per heavy atom. The molecule has 0 aliphatic carbocycles. The molecule has 0 atom stereocenters. The van der Waals surface area contributed by atoms with Gasteiger partial charge in [-0.15, -0.1) is 6.42 Å². The van der Waals surface area contributed by atoms with E-state index in [4.69, 9.17) is 11.2 Å². The molecule has 0 unspecified atom stereocenters. The molecule has 25 heavy (non-hydrogen) atoms. The number of hydrogen-bond acceptors (Lipinski definition) is 3. The molecule has 1 aliphatic rings. The number of anilines is 1. The molecule has 0 saturated heterocycles. The Morgan fingerprint density at radius 3 is 2.76 bits per heavy atom. The van der Waals surface area contributed by atoms with Gasteiger partial charge in [-0.1, -0.05) is 40.0 Å². The maximum absolute atomic E-state index is 12.8. The van der Waals surface area contributed by atoms with E-state index in [-0.39, 0.29) is 12.5 Å². The van der Waals surface area contributed by atoms with E-state index in [0.29, 0.717) is 17.0 Å². The number of benzene rings is 2. The van der Waals surface area contributed by atoms with Gasteiger partial charge in [0.25, 0.3) is 5.91 Å². The number of terminal acetylenes is 1. The van der Waals surface area contributed by atoms with E-state index in [1.54, 1.807) is 6.08 Å². The summed E-state index contributed by atoms with van der Waals surface area (Å²) in [5, 5.41) is 5.78. The number of carbonyl (C=O) groups is 1. The lowest BCUT2D eigenvalue weighted by atomic mass is 10.1. The monoisotopic (exact) mass is 394 g/mol. The van der Waals surface area contributed by atoms with Crippen LogP contribution in [0.4, 0.5) is 5.69 Å². The highest BCUT2D eigenvalue weighted by molar-refractivity contribution is 9.10. The molecule has 0 spiro atoms. The Balaban J connectivity index is 1.97. The van der Waals surface area contributed by atoms with Crippen molar-refractivity contribution in [3.05, 3.63) is 64.1 Å². The van der Waals surface area contributed by atoms with Crippen molar-refractivity contribution in [3.63, 3.8) is 0 Å². The van der Waals surface area contributed by atoms with Gasteiger partial charge in [0.2, 0.25) is 0 Å². The van der Waals surface area contributed by atoms with Gasteiger partial charge in [0.05, 0.1) is 17.0 Å². The molecule has 3 rings (SSSR count). The average molecular weight is 395 g/mol. The highest BCUT2D eigenvalue weighted by Crippen LogP contribution is 2.29. The zero-order valence-corrected chi connectivity index (χ0v) is 15.2. The second kappa shape index (κ2) is 7.37. The first-order valence-electron chi connectivity index (χ1n) is 7.63. The number of hydrogen-bond donors (Lipinski definition) is 0. The van der Waals surface area contributed by atoms with Gasteiger partial charge in [-0.3, -0.25) is 4.79 Å². The summed E-state index contributed by atoms with van der Waals surface area (Å²) in [7, 11) is 0. The Kier molecular flexibility index (Phi) is 5.01. The zero-order valence-electron chi connectivity index (χ0n) is 13.6. The molecule has 5 heteroatoms. The van der Waals surface area contributed by atoms with Crippen molar-refractivity contribution < 1.29 is 9.53 Å². The summed E-state index contributed by atoms with van der Waals surface area (Å²) in [5.41, 5.74) is 2.66. The number of amides is 1. The fourth-order valence-electron chi connectivity index (χ4n) is 2.47. The van der Waals surface area contributed by atoms with Crippen molar-refractivity contribution in [2.75, 3.05) is 11.6 Å². The number of nitrogens with zero attached hydrogens (tertiary/aromatic N) is 2. The molecular weight excluding hydrogens is 380 g/mol. The van der Waals surface area contributed by atoms with E-state index in [9.17, 15) is 4.79 Å². The van der Waals surface area contributed by atoms with Crippen molar-refractivity contribution in [2.45, 2.75) is 6.92 Å². The van der Waals surface area contributed by atoms with Gasteiger partial charge in [0.15, 0.2) is 0 Å². The van der Waals surface area contributed by atoms with Crippen LogP contribution in [-0.2, 0) is 4.79 Å². The summed E-state index contributed by atoms with van der Waals surface area (Å²) < 4.78 is 6.45. The van der Waals surface area contributed by atoms with Crippen LogP contribution in [0.5, 0.6) is 5.75 Å². The van der Waals surface area contributed by atoms with Crippen LogP contribution in [0.25, 0.3) is 6.08 Å². The third-order valence-corrected chi connectivity index (χ3v) is 4.14. The van der Waals surface area contributed by atoms with E-state index in [0.717, 1.165) is 15.7 Å². The predicted octanol–water partition coefficient (Wildman–Crippen LogP) is 4.27. The second-order valence-corrected chi connectivity index (χ2v) is 6.29. The molecule has 1 amide bonds. The first kappa shape index (κ1) is 17.0. The molecule has 0 aromatic heterocycles. The standard InChI is InChI=1S/C20H15BrN2O2/c1-3-11-25-19-10-9-16(21)12-15(19)13-18-14(2)22-23(20(18)24)17-7-5-4-6-8-17/h1,4-10,12-13H,11H2,2H3. The molecule has 2 aromatic rings. The molecule has 4 nitrogen and oxygen atoms in total. The summed E-state index contributed by atoms with van der Waals surface area (Å²) in [6.45, 7) is 1.97. The Bertz CT molecular complexity index is 911. The topological polar surface area (TPSA) is 41.9 Å². The van der Waals surface area contributed by atoms with Crippen LogP contribution in [0, 0.1) is 12.3 Å². The van der Waals surface area contributed by atoms with E-state index >= 15 is 0 Å². The van der Waals surface area contributed by atoms with Gasteiger partial charge in [-0.2, -0.15) is 10.1 Å². The van der Waals surface area contributed by atoms with Crippen LogP contribution in [0.3, 0.4) is 0 Å². The van der Waals surface area contributed by atoms with E-state index < -0.39 is 0 Å². The SMILES string of the molecule is C#CCOc1ccc(Br)cc1C=C1C(=O)N(c2ccccc2)N=C1C. The summed E-state index contributed by atoms with van der Waals surface area (Å²) in [5.74, 6) is 2.89. The predicted molar refractivity (Wildman–Crippen MR) is 103 cm³/mol. The lowest BCUT2D eigenvalue weighted by molar-refractivity contribution is -0.114. The van der Waals surface area contributed by atoms with Gasteiger partial charge in [0.1, 0.15) is 12.4 Å². The second-order valence-electron chi connectivity index (χ2n) is 5.37. The third kappa shape index (κ3) is 3.65. The first-order chi connectivity index (χ1) is 12.1. The minimum Gasteiger partial charge on any atom is -0.480 e. The fourth-order valence-corrected chi connectivity index (χ4v) is 2.85. The summed E-state index contributed by atoms with van der Waals surface area (Å²) in [4.78, 5) is 12.8. The molecule has 0 saturated carbocycles. The Labute approximate surface area is 154 Å². The minimum atomic E-state index is -0.174. The molecule has 0 bridgehead atoms. The molecule has 2 aromatic carbocycles. The van der Waals surface area contributed by atoms with Crippen LogP contribution >= 0.6 is 15.9 Å². The van der Waals surface area contributed by atoms with E-state index in [1.165, 1.54) is 5.01 Å². The van der Waals surface area contributed by atoms with Crippen molar-refractivity contribution in [1.29, 1.82) is 0 Å². The number of halogens is 1. The van der Waals surface area contributed by atoms with Gasteiger partial charge in [0, 0.05) is 10.0 Å². The van der Waals surface area contributed by atoms with Gasteiger partial charge in [-0.05, 0) is 43.3 Å². The van der Waals surface area contributed by atoms with E-state index in [1.807, 2.05) is 55.5 Å². The lowest BCUT2D eigenvalue weighted by Crippen LogP contribution is -2.21. The molecule has 0 fully saturated rings. The van der Waals surface area contributed by atoms with Crippen LogP contribution in [-0.4, -0.2) is 18.2 Å². The molecule has 0 N–H and O–H groups in total. The van der Waals surface area contributed by atoms with Crippen molar-refractivity contribution in [1.82, 2.24) is 0 Å². The van der Waals surface area contributed by atoms with Gasteiger partial charge >= 0.3 is 0 Å². The fraction of sp³-hybridized carbons (Fsp3) is 0.100. The number of carbonyl (C=O) groups excluding carboxylic acids is 1. The van der Waals surface area contributed by atoms with Gasteiger partial charge < -0.3 is 4.74 Å². The van der Waals surface area contributed by atoms with Crippen LogP contribution in [0.1, 0.15) is 12.5 Å². The average Bonchev–Trinajstić information content (AvgIpc) is 2.90. The Morgan fingerprint density at radius 2 is 2.04 bits per heavy atom. The number of para-hydroxylation sites is 1. The molecular formula is C20H15BrN2O2. The highest BCUT2D eigenvalue weighted by atomic mass is 79.9. The smallest absolute Gasteiger partial charge is 0.280 e. The summed E-state index contributed by atoms with van der Waals surface area (Å²) >= 11 is 3.44. The highest BCUT2D eigenvalue weighted by Gasteiger charge is 2.28. The lowest BCUT2D eigenvalue weighted by Gasteiger charge is -2.11. The van der Waals surface area contributed by atoms with Crippen LogP contribution in [0.15, 0.2) is 63.7 Å². The van der Waals surface area contributed by atoms with Crippen molar-refractivity contribution in [3.8, 4) is 18.1 Å². The number of hydrazone groups is 1. The normalized spacial score (nSPS) is 15.2. The minimum absolute atomic E-state index is 0.162.